The SMILES string of the molecule is CCC(OC)c1nc(-c2ccc(C(=O)O)cc2)cs1. The highest BCUT2D eigenvalue weighted by Gasteiger charge is 2.13. The maximum Gasteiger partial charge on any atom is 0.335 e. The van der Waals surface area contributed by atoms with Crippen LogP contribution in [0.15, 0.2) is 29.6 Å². The first-order chi connectivity index (χ1) is 9.15. The van der Waals surface area contributed by atoms with Crippen LogP contribution in [0.1, 0.15) is 34.8 Å². The molecule has 19 heavy (non-hydrogen) atoms. The molecule has 0 amide bonds. The van der Waals surface area contributed by atoms with Gasteiger partial charge in [-0.2, -0.15) is 0 Å². The van der Waals surface area contributed by atoms with E-state index in [1.807, 2.05) is 5.38 Å². The van der Waals surface area contributed by atoms with Crippen molar-refractivity contribution in [2.45, 2.75) is 19.4 Å². The molecule has 0 bridgehead atoms. The second-order valence-corrected chi connectivity index (χ2v) is 4.98. The number of aromatic carboxylic acids is 1. The molecule has 1 unspecified atom stereocenters. The zero-order valence-corrected chi connectivity index (χ0v) is 11.6. The Hall–Kier alpha value is -1.72. The molecule has 0 saturated heterocycles. The Bertz CT molecular complexity index is 558. The second kappa shape index (κ2) is 5.95. The summed E-state index contributed by atoms with van der Waals surface area (Å²) in [6.07, 6.45) is 0.901. The van der Waals surface area contributed by atoms with E-state index in [2.05, 4.69) is 11.9 Å². The monoisotopic (exact) mass is 277 g/mol. The summed E-state index contributed by atoms with van der Waals surface area (Å²) in [6.45, 7) is 2.05. The standard InChI is InChI=1S/C14H15NO3S/c1-3-12(18-2)13-15-11(8-19-13)9-4-6-10(7-5-9)14(16)17/h4-8,12H,3H2,1-2H3,(H,16,17). The number of thiazole rings is 1. The molecule has 2 aromatic rings. The number of rotatable bonds is 5. The number of hydrogen-bond donors (Lipinski definition) is 1. The fraction of sp³-hybridized carbons (Fsp3) is 0.286. The Morgan fingerprint density at radius 2 is 2.11 bits per heavy atom. The van der Waals surface area contributed by atoms with E-state index >= 15 is 0 Å². The predicted octanol–water partition coefficient (Wildman–Crippen LogP) is 3.61. The van der Waals surface area contributed by atoms with E-state index in [1.165, 1.54) is 0 Å². The van der Waals surface area contributed by atoms with E-state index in [0.29, 0.717) is 0 Å². The van der Waals surface area contributed by atoms with Gasteiger partial charge >= 0.3 is 5.97 Å². The van der Waals surface area contributed by atoms with E-state index in [-0.39, 0.29) is 11.7 Å². The molecule has 0 aliphatic carbocycles. The normalized spacial score (nSPS) is 12.3. The molecule has 0 aliphatic rings. The summed E-state index contributed by atoms with van der Waals surface area (Å²) >= 11 is 1.56. The van der Waals surface area contributed by atoms with Gasteiger partial charge in [0.25, 0.3) is 0 Å². The van der Waals surface area contributed by atoms with E-state index < -0.39 is 5.97 Å². The molecule has 100 valence electrons. The third-order valence-corrected chi connectivity index (χ3v) is 3.82. The first-order valence-electron chi connectivity index (χ1n) is 5.97. The van der Waals surface area contributed by atoms with Gasteiger partial charge in [0, 0.05) is 18.1 Å². The van der Waals surface area contributed by atoms with Crippen molar-refractivity contribution in [1.82, 2.24) is 4.98 Å². The van der Waals surface area contributed by atoms with E-state index in [0.717, 1.165) is 22.7 Å². The van der Waals surface area contributed by atoms with E-state index in [1.54, 1.807) is 42.7 Å². The van der Waals surface area contributed by atoms with Crippen LogP contribution in [-0.4, -0.2) is 23.2 Å². The van der Waals surface area contributed by atoms with Gasteiger partial charge in [-0.05, 0) is 18.6 Å². The van der Waals surface area contributed by atoms with Gasteiger partial charge in [-0.25, -0.2) is 9.78 Å². The molecule has 2 rings (SSSR count). The summed E-state index contributed by atoms with van der Waals surface area (Å²) in [5.74, 6) is -0.920. The van der Waals surface area contributed by atoms with Crippen molar-refractivity contribution < 1.29 is 14.6 Å². The summed E-state index contributed by atoms with van der Waals surface area (Å²) < 4.78 is 5.36. The van der Waals surface area contributed by atoms with Gasteiger partial charge in [-0.15, -0.1) is 11.3 Å². The fourth-order valence-electron chi connectivity index (χ4n) is 1.79. The summed E-state index contributed by atoms with van der Waals surface area (Å²) in [5, 5.41) is 11.8. The van der Waals surface area contributed by atoms with E-state index in [9.17, 15) is 4.79 Å². The summed E-state index contributed by atoms with van der Waals surface area (Å²) in [6, 6.07) is 6.72. The minimum atomic E-state index is -0.920. The largest absolute Gasteiger partial charge is 0.478 e. The molecule has 0 aliphatic heterocycles. The number of carbonyl (C=O) groups is 1. The van der Waals surface area contributed by atoms with Crippen LogP contribution < -0.4 is 0 Å². The van der Waals surface area contributed by atoms with Crippen molar-refractivity contribution in [2.75, 3.05) is 7.11 Å². The molecule has 5 heteroatoms. The molecule has 1 N–H and O–H groups in total. The van der Waals surface area contributed by atoms with Crippen molar-refractivity contribution in [3.05, 3.63) is 40.2 Å². The van der Waals surface area contributed by atoms with Crippen molar-refractivity contribution >= 4 is 17.3 Å². The van der Waals surface area contributed by atoms with Crippen LogP contribution >= 0.6 is 11.3 Å². The van der Waals surface area contributed by atoms with Crippen LogP contribution in [0.4, 0.5) is 0 Å². The predicted molar refractivity (Wildman–Crippen MR) is 74.6 cm³/mol. The molecule has 4 nitrogen and oxygen atoms in total. The third-order valence-electron chi connectivity index (χ3n) is 2.88. The molecule has 0 fully saturated rings. The van der Waals surface area contributed by atoms with Crippen molar-refractivity contribution in [3.8, 4) is 11.3 Å². The lowest BCUT2D eigenvalue weighted by molar-refractivity contribution is 0.0697. The zero-order chi connectivity index (χ0) is 13.8. The number of benzene rings is 1. The molecule has 1 aromatic carbocycles. The van der Waals surface area contributed by atoms with Crippen LogP contribution in [0, 0.1) is 0 Å². The first-order valence-corrected chi connectivity index (χ1v) is 6.85. The van der Waals surface area contributed by atoms with Gasteiger partial charge in [-0.1, -0.05) is 19.1 Å². The van der Waals surface area contributed by atoms with Crippen LogP contribution in [0.25, 0.3) is 11.3 Å². The van der Waals surface area contributed by atoms with Crippen LogP contribution in [0.2, 0.25) is 0 Å². The third kappa shape index (κ3) is 3.00. The van der Waals surface area contributed by atoms with Gasteiger partial charge in [0.05, 0.1) is 11.3 Å². The number of aromatic nitrogens is 1. The van der Waals surface area contributed by atoms with Gasteiger partial charge in [-0.3, -0.25) is 0 Å². The van der Waals surface area contributed by atoms with Crippen molar-refractivity contribution in [1.29, 1.82) is 0 Å². The first kappa shape index (κ1) is 13.7. The number of carboxylic acid groups (broad SMARTS) is 1. The number of carboxylic acids is 1. The molecule has 0 saturated carbocycles. The quantitative estimate of drug-likeness (QED) is 0.907. The smallest absolute Gasteiger partial charge is 0.335 e. The summed E-state index contributed by atoms with van der Waals surface area (Å²) in [7, 11) is 1.68. The number of nitrogens with zero attached hydrogens (tertiary/aromatic N) is 1. The van der Waals surface area contributed by atoms with E-state index in [4.69, 9.17) is 9.84 Å². The lowest BCUT2D eigenvalue weighted by Crippen LogP contribution is -1.98. The van der Waals surface area contributed by atoms with Crippen LogP contribution in [0.3, 0.4) is 0 Å². The Labute approximate surface area is 115 Å². The molecular weight excluding hydrogens is 262 g/mol. The molecule has 0 spiro atoms. The van der Waals surface area contributed by atoms with Gasteiger partial charge < -0.3 is 9.84 Å². The Morgan fingerprint density at radius 3 is 2.63 bits per heavy atom. The summed E-state index contributed by atoms with van der Waals surface area (Å²) in [5.41, 5.74) is 2.05. The lowest BCUT2D eigenvalue weighted by Gasteiger charge is -2.08. The van der Waals surface area contributed by atoms with Crippen LogP contribution in [0.5, 0.6) is 0 Å². The Balaban J connectivity index is 2.25. The highest BCUT2D eigenvalue weighted by atomic mass is 32.1. The van der Waals surface area contributed by atoms with Gasteiger partial charge in [0.15, 0.2) is 0 Å². The highest BCUT2D eigenvalue weighted by molar-refractivity contribution is 7.10. The number of hydrogen-bond acceptors (Lipinski definition) is 4. The lowest BCUT2D eigenvalue weighted by atomic mass is 10.1. The molecular formula is C14H15NO3S. The molecule has 1 atom stereocenters. The Kier molecular flexibility index (Phi) is 4.29. The highest BCUT2D eigenvalue weighted by Crippen LogP contribution is 2.28. The maximum absolute atomic E-state index is 10.8. The number of methoxy groups -OCH3 is 1. The average molecular weight is 277 g/mol. The average Bonchev–Trinajstić information content (AvgIpc) is 2.90. The Morgan fingerprint density at radius 1 is 1.42 bits per heavy atom. The van der Waals surface area contributed by atoms with Gasteiger partial charge in [0.1, 0.15) is 11.1 Å². The second-order valence-electron chi connectivity index (χ2n) is 4.09. The van der Waals surface area contributed by atoms with Crippen LogP contribution in [-0.2, 0) is 4.74 Å². The topological polar surface area (TPSA) is 59.4 Å². The maximum atomic E-state index is 10.8. The molecule has 0 radical (unpaired) electrons. The molecule has 1 heterocycles. The number of ether oxygens (including phenoxy) is 1. The minimum Gasteiger partial charge on any atom is -0.478 e. The van der Waals surface area contributed by atoms with Crippen molar-refractivity contribution in [2.24, 2.45) is 0 Å². The summed E-state index contributed by atoms with van der Waals surface area (Å²) in [4.78, 5) is 15.3. The minimum absolute atomic E-state index is 0.0250. The fourth-order valence-corrected chi connectivity index (χ4v) is 2.78. The van der Waals surface area contributed by atoms with Gasteiger partial charge in [0.2, 0.25) is 0 Å². The zero-order valence-electron chi connectivity index (χ0n) is 10.8. The molecule has 1 aromatic heterocycles. The van der Waals surface area contributed by atoms with Crippen molar-refractivity contribution in [3.63, 3.8) is 0 Å².